The molecule has 0 radical (unpaired) electrons. The van der Waals surface area contributed by atoms with Crippen LogP contribution in [0.1, 0.15) is 37.8 Å². The van der Waals surface area contributed by atoms with E-state index in [-0.39, 0.29) is 5.91 Å². The van der Waals surface area contributed by atoms with Crippen LogP contribution in [0.25, 0.3) is 0 Å². The first-order valence-corrected chi connectivity index (χ1v) is 6.44. The largest absolute Gasteiger partial charge is 0.352 e. The number of nitrogens with zero attached hydrogens (tertiary/aromatic N) is 3. The first-order chi connectivity index (χ1) is 8.61. The van der Waals surface area contributed by atoms with Crippen molar-refractivity contribution in [1.82, 2.24) is 20.1 Å². The molecule has 1 aromatic heterocycles. The summed E-state index contributed by atoms with van der Waals surface area (Å²) >= 11 is 0. The van der Waals surface area contributed by atoms with Crippen molar-refractivity contribution in [3.8, 4) is 0 Å². The van der Waals surface area contributed by atoms with Crippen LogP contribution in [0.3, 0.4) is 0 Å². The van der Waals surface area contributed by atoms with Crippen LogP contribution >= 0.6 is 0 Å². The van der Waals surface area contributed by atoms with Gasteiger partial charge in [-0.05, 0) is 18.4 Å². The van der Waals surface area contributed by atoms with E-state index in [9.17, 15) is 4.79 Å². The van der Waals surface area contributed by atoms with E-state index >= 15 is 0 Å². The summed E-state index contributed by atoms with van der Waals surface area (Å²) in [5, 5.41) is 11.3. The number of aryl methyl sites for hydroxylation is 1. The lowest BCUT2D eigenvalue weighted by Gasteiger charge is -2.25. The molecule has 0 spiro atoms. The first-order valence-electron chi connectivity index (χ1n) is 6.44. The Morgan fingerprint density at radius 1 is 1.61 bits per heavy atom. The Hall–Kier alpha value is -1.65. The van der Waals surface area contributed by atoms with E-state index < -0.39 is 0 Å². The summed E-state index contributed by atoms with van der Waals surface area (Å²) in [5.41, 5.74) is 0. The van der Waals surface area contributed by atoms with Crippen molar-refractivity contribution in [2.45, 2.75) is 39.2 Å². The van der Waals surface area contributed by atoms with Gasteiger partial charge in [0.2, 0.25) is 5.91 Å². The van der Waals surface area contributed by atoms with Crippen LogP contribution in [0, 0.1) is 5.92 Å². The summed E-state index contributed by atoms with van der Waals surface area (Å²) in [6.45, 7) is 9.29. The molecule has 0 bridgehead atoms. The third-order valence-corrected chi connectivity index (χ3v) is 3.34. The summed E-state index contributed by atoms with van der Waals surface area (Å²) in [6, 6.07) is 0. The molecule has 18 heavy (non-hydrogen) atoms. The minimum Gasteiger partial charge on any atom is -0.352 e. The molecule has 2 rings (SSSR count). The molecule has 5 nitrogen and oxygen atoms in total. The minimum atomic E-state index is -0.103. The molecule has 1 aliphatic heterocycles. The van der Waals surface area contributed by atoms with Crippen molar-refractivity contribution in [2.75, 3.05) is 6.54 Å². The zero-order valence-corrected chi connectivity index (χ0v) is 11.0. The number of hydrogen-bond acceptors (Lipinski definition) is 3. The fourth-order valence-corrected chi connectivity index (χ4v) is 2.33. The van der Waals surface area contributed by atoms with Crippen LogP contribution in [0.2, 0.25) is 0 Å². The van der Waals surface area contributed by atoms with Gasteiger partial charge in [0.1, 0.15) is 11.6 Å². The van der Waals surface area contributed by atoms with Gasteiger partial charge in [0, 0.05) is 25.4 Å². The van der Waals surface area contributed by atoms with Crippen molar-refractivity contribution >= 4 is 5.91 Å². The molecule has 1 N–H and O–H groups in total. The average molecular weight is 248 g/mol. The Balaban J connectivity index is 2.02. The summed E-state index contributed by atoms with van der Waals surface area (Å²) in [7, 11) is 0. The fourth-order valence-electron chi connectivity index (χ4n) is 2.33. The molecule has 0 fully saturated rings. The monoisotopic (exact) mass is 248 g/mol. The Morgan fingerprint density at radius 2 is 2.39 bits per heavy atom. The Morgan fingerprint density at radius 3 is 3.06 bits per heavy atom. The van der Waals surface area contributed by atoms with Crippen LogP contribution in [0.15, 0.2) is 12.7 Å². The van der Waals surface area contributed by atoms with Gasteiger partial charge in [0.15, 0.2) is 0 Å². The molecule has 98 valence electrons. The highest BCUT2D eigenvalue weighted by atomic mass is 16.1. The third kappa shape index (κ3) is 2.60. The lowest BCUT2D eigenvalue weighted by molar-refractivity contribution is -0.116. The smallest absolute Gasteiger partial charge is 0.243 e. The molecular weight excluding hydrogens is 228 g/mol. The molecule has 1 atom stereocenters. The fraction of sp³-hybridized carbons (Fsp3) is 0.615. The number of nitrogens with one attached hydrogen (secondary N) is 1. The van der Waals surface area contributed by atoms with Gasteiger partial charge in [-0.1, -0.05) is 20.4 Å². The highest BCUT2D eigenvalue weighted by Gasteiger charge is 2.23. The van der Waals surface area contributed by atoms with Crippen LogP contribution in [0.4, 0.5) is 0 Å². The number of aromatic nitrogens is 3. The van der Waals surface area contributed by atoms with Gasteiger partial charge in [-0.3, -0.25) is 4.79 Å². The van der Waals surface area contributed by atoms with Crippen molar-refractivity contribution in [1.29, 1.82) is 0 Å². The number of fused-ring (bicyclic) bond motifs is 1. The van der Waals surface area contributed by atoms with Crippen molar-refractivity contribution < 1.29 is 4.79 Å². The van der Waals surface area contributed by atoms with Crippen LogP contribution < -0.4 is 5.32 Å². The lowest BCUT2D eigenvalue weighted by Crippen LogP contribution is -2.33. The molecule has 0 aromatic carbocycles. The maximum Gasteiger partial charge on any atom is 0.243 e. The van der Waals surface area contributed by atoms with Crippen molar-refractivity contribution in [3.05, 3.63) is 24.3 Å². The van der Waals surface area contributed by atoms with Gasteiger partial charge >= 0.3 is 0 Å². The molecule has 0 aliphatic carbocycles. The molecular formula is C13H20N4O. The van der Waals surface area contributed by atoms with Crippen molar-refractivity contribution in [3.63, 3.8) is 0 Å². The second-order valence-electron chi connectivity index (χ2n) is 5.09. The molecule has 1 amide bonds. The van der Waals surface area contributed by atoms with E-state index in [1.807, 2.05) is 0 Å². The van der Waals surface area contributed by atoms with Crippen molar-refractivity contribution in [2.24, 2.45) is 5.92 Å². The number of carbonyl (C=O) groups excluding carboxylic acids is 1. The second kappa shape index (κ2) is 5.33. The van der Waals surface area contributed by atoms with E-state index in [0.29, 0.717) is 18.4 Å². The first kappa shape index (κ1) is 12.8. The molecule has 0 saturated heterocycles. The lowest BCUT2D eigenvalue weighted by atomic mass is 9.98. The van der Waals surface area contributed by atoms with E-state index in [2.05, 4.69) is 40.5 Å². The summed E-state index contributed by atoms with van der Waals surface area (Å²) in [6.07, 6.45) is 3.30. The zero-order chi connectivity index (χ0) is 13.1. The third-order valence-electron chi connectivity index (χ3n) is 3.34. The summed E-state index contributed by atoms with van der Waals surface area (Å²) in [5.74, 6) is 2.85. The molecule has 2 heterocycles. The van der Waals surface area contributed by atoms with Gasteiger partial charge in [-0.2, -0.15) is 0 Å². The molecule has 5 heteroatoms. The number of carbonyl (C=O) groups is 1. The predicted octanol–water partition coefficient (Wildman–Crippen LogP) is 1.27. The van der Waals surface area contributed by atoms with E-state index in [0.717, 1.165) is 31.0 Å². The Bertz CT molecular complexity index is 450. The quantitative estimate of drug-likeness (QED) is 0.816. The summed E-state index contributed by atoms with van der Waals surface area (Å²) < 4.78 is 2.21. The maximum absolute atomic E-state index is 11.2. The van der Waals surface area contributed by atoms with E-state index in [1.54, 1.807) is 0 Å². The Kier molecular flexibility index (Phi) is 3.79. The molecule has 0 saturated carbocycles. The van der Waals surface area contributed by atoms with Gasteiger partial charge in [0.25, 0.3) is 0 Å². The minimum absolute atomic E-state index is 0.103. The Labute approximate surface area is 107 Å². The van der Waals surface area contributed by atoms with Gasteiger partial charge < -0.3 is 9.88 Å². The van der Waals surface area contributed by atoms with Crippen LogP contribution in [0.5, 0.6) is 0 Å². The highest BCUT2D eigenvalue weighted by molar-refractivity contribution is 5.86. The van der Waals surface area contributed by atoms with Gasteiger partial charge in [-0.25, -0.2) is 0 Å². The molecule has 1 aliphatic rings. The maximum atomic E-state index is 11.2. The highest BCUT2D eigenvalue weighted by Crippen LogP contribution is 2.22. The normalized spacial score (nSPS) is 18.5. The van der Waals surface area contributed by atoms with E-state index in [4.69, 9.17) is 0 Å². The average Bonchev–Trinajstić information content (AvgIpc) is 2.78. The van der Waals surface area contributed by atoms with E-state index in [1.165, 1.54) is 6.08 Å². The molecule has 1 aromatic rings. The zero-order valence-electron chi connectivity index (χ0n) is 11.0. The summed E-state index contributed by atoms with van der Waals surface area (Å²) in [4.78, 5) is 11.2. The SMILES string of the molecule is C=CC(=O)NCC1CCc2nnc(C(C)C)n2C1. The number of rotatable bonds is 4. The topological polar surface area (TPSA) is 59.8 Å². The molecule has 1 unspecified atom stereocenters. The number of amides is 1. The van der Waals surface area contributed by atoms with Gasteiger partial charge in [-0.15, -0.1) is 10.2 Å². The predicted molar refractivity (Wildman–Crippen MR) is 69.1 cm³/mol. The number of hydrogen-bond donors (Lipinski definition) is 1. The van der Waals surface area contributed by atoms with Crippen LogP contribution in [-0.4, -0.2) is 27.2 Å². The van der Waals surface area contributed by atoms with Gasteiger partial charge in [0.05, 0.1) is 0 Å². The second-order valence-corrected chi connectivity index (χ2v) is 5.09. The van der Waals surface area contributed by atoms with Crippen LogP contribution in [-0.2, 0) is 17.8 Å². The standard InChI is InChI=1S/C13H20N4O/c1-4-12(18)14-7-10-5-6-11-15-16-13(9(2)3)17(11)8-10/h4,9-10H,1,5-8H2,2-3H3,(H,14,18).